The minimum Gasteiger partial charge on any atom is -0.489 e. The summed E-state index contributed by atoms with van der Waals surface area (Å²) in [5, 5.41) is 6.98. The third kappa shape index (κ3) is 5.84. The van der Waals surface area contributed by atoms with Gasteiger partial charge < -0.3 is 10.1 Å². The van der Waals surface area contributed by atoms with Crippen LogP contribution >= 0.6 is 47.0 Å². The highest BCUT2D eigenvalue weighted by atomic mass is 35.5. The fourth-order valence-electron chi connectivity index (χ4n) is 2.49. The fourth-order valence-corrected chi connectivity index (χ4v) is 3.30. The normalized spacial score (nSPS) is 10.3. The van der Waals surface area contributed by atoms with E-state index >= 15 is 0 Å². The van der Waals surface area contributed by atoms with E-state index in [2.05, 4.69) is 10.6 Å². The number of ether oxygens (including phenoxy) is 1. The summed E-state index contributed by atoms with van der Waals surface area (Å²) >= 11 is 23.3. The summed E-state index contributed by atoms with van der Waals surface area (Å²) in [6.07, 6.45) is 0. The molecule has 0 saturated heterocycles. The van der Waals surface area contributed by atoms with Crippen LogP contribution in [-0.4, -0.2) is 11.0 Å². The van der Waals surface area contributed by atoms with Gasteiger partial charge in [0, 0.05) is 16.1 Å². The highest BCUT2D eigenvalue weighted by molar-refractivity contribution is 7.80. The van der Waals surface area contributed by atoms with Gasteiger partial charge in [-0.3, -0.25) is 10.1 Å². The van der Waals surface area contributed by atoms with Crippen molar-refractivity contribution < 1.29 is 9.53 Å². The average Bonchev–Trinajstić information content (AvgIpc) is 2.70. The number of rotatable bonds is 5. The van der Waals surface area contributed by atoms with Gasteiger partial charge in [-0.25, -0.2) is 0 Å². The number of carbonyl (C=O) groups excluding carboxylic acids is 1. The lowest BCUT2D eigenvalue weighted by Gasteiger charge is -2.14. The summed E-state index contributed by atoms with van der Waals surface area (Å²) in [6, 6.07) is 19.2. The van der Waals surface area contributed by atoms with Crippen LogP contribution in [0, 0.1) is 0 Å². The minimum absolute atomic E-state index is 0.0819. The molecule has 29 heavy (non-hydrogen) atoms. The quantitative estimate of drug-likeness (QED) is 0.431. The lowest BCUT2D eigenvalue weighted by atomic mass is 10.1. The standard InChI is InChI=1S/C21H15Cl3N2O2S/c22-14-8-10-15(11-9-14)28-12-13-4-1-2-5-16(13)20(27)26-21(29)25-19-17(23)6-3-7-18(19)24/h1-11H,12H2,(H2,25,26,27,29). The lowest BCUT2D eigenvalue weighted by molar-refractivity contribution is 0.0975. The second-order valence-electron chi connectivity index (χ2n) is 5.90. The van der Waals surface area contributed by atoms with E-state index in [4.69, 9.17) is 51.8 Å². The Hall–Kier alpha value is -2.31. The maximum absolute atomic E-state index is 12.7. The number of carbonyl (C=O) groups is 1. The van der Waals surface area contributed by atoms with Crippen LogP contribution in [0.2, 0.25) is 15.1 Å². The molecule has 0 fully saturated rings. The Balaban J connectivity index is 1.67. The number of hydrogen-bond acceptors (Lipinski definition) is 3. The molecule has 3 aromatic carbocycles. The predicted molar refractivity (Wildman–Crippen MR) is 122 cm³/mol. The van der Waals surface area contributed by atoms with Crippen molar-refractivity contribution in [2.24, 2.45) is 0 Å². The van der Waals surface area contributed by atoms with Crippen molar-refractivity contribution in [3.63, 3.8) is 0 Å². The summed E-state index contributed by atoms with van der Waals surface area (Å²) in [5.41, 5.74) is 1.58. The van der Waals surface area contributed by atoms with Gasteiger partial charge >= 0.3 is 0 Å². The van der Waals surface area contributed by atoms with Gasteiger partial charge in [0.05, 0.1) is 15.7 Å². The molecule has 3 aromatic rings. The molecule has 0 aromatic heterocycles. The smallest absolute Gasteiger partial charge is 0.257 e. The minimum atomic E-state index is -0.374. The molecule has 0 aliphatic carbocycles. The van der Waals surface area contributed by atoms with Crippen LogP contribution in [0.3, 0.4) is 0 Å². The number of thiocarbonyl (C=S) groups is 1. The maximum atomic E-state index is 12.7. The van der Waals surface area contributed by atoms with E-state index in [9.17, 15) is 4.79 Å². The molecule has 8 heteroatoms. The maximum Gasteiger partial charge on any atom is 0.257 e. The zero-order chi connectivity index (χ0) is 20.8. The first kappa shape index (κ1) is 21.4. The molecule has 4 nitrogen and oxygen atoms in total. The first-order valence-electron chi connectivity index (χ1n) is 8.46. The monoisotopic (exact) mass is 464 g/mol. The number of hydrogen-bond donors (Lipinski definition) is 2. The summed E-state index contributed by atoms with van der Waals surface area (Å²) in [5.74, 6) is 0.274. The van der Waals surface area contributed by atoms with Gasteiger partial charge in [0.15, 0.2) is 5.11 Å². The molecule has 1 amide bonds. The molecule has 148 valence electrons. The van der Waals surface area contributed by atoms with E-state index in [0.29, 0.717) is 37.6 Å². The topological polar surface area (TPSA) is 50.4 Å². The number of para-hydroxylation sites is 1. The molecule has 0 saturated carbocycles. The van der Waals surface area contributed by atoms with Crippen molar-refractivity contribution >= 4 is 63.7 Å². The summed E-state index contributed by atoms with van der Waals surface area (Å²) < 4.78 is 5.75. The molecular formula is C21H15Cl3N2O2S. The number of halogens is 3. The van der Waals surface area contributed by atoms with Crippen LogP contribution < -0.4 is 15.4 Å². The second-order valence-corrected chi connectivity index (χ2v) is 7.56. The van der Waals surface area contributed by atoms with Crippen molar-refractivity contribution in [2.45, 2.75) is 6.61 Å². The molecule has 0 aliphatic rings. The van der Waals surface area contributed by atoms with Gasteiger partial charge in [0.25, 0.3) is 5.91 Å². The molecule has 0 heterocycles. The second kappa shape index (κ2) is 9.94. The van der Waals surface area contributed by atoms with Crippen LogP contribution in [0.5, 0.6) is 5.75 Å². The van der Waals surface area contributed by atoms with Crippen molar-refractivity contribution in [3.05, 3.63) is 92.9 Å². The van der Waals surface area contributed by atoms with Crippen molar-refractivity contribution in [2.75, 3.05) is 5.32 Å². The van der Waals surface area contributed by atoms with Crippen molar-refractivity contribution in [3.8, 4) is 5.75 Å². The summed E-state index contributed by atoms with van der Waals surface area (Å²) in [7, 11) is 0. The third-order valence-electron chi connectivity index (χ3n) is 3.90. The Morgan fingerprint density at radius 2 is 1.55 bits per heavy atom. The Morgan fingerprint density at radius 1 is 0.897 bits per heavy atom. The van der Waals surface area contributed by atoms with Crippen LogP contribution in [0.1, 0.15) is 15.9 Å². The van der Waals surface area contributed by atoms with Gasteiger partial charge in [-0.1, -0.05) is 59.1 Å². The van der Waals surface area contributed by atoms with Crippen LogP contribution in [0.15, 0.2) is 66.7 Å². The summed E-state index contributed by atoms with van der Waals surface area (Å²) in [6.45, 7) is 0.210. The molecular weight excluding hydrogens is 451 g/mol. The number of amides is 1. The molecule has 0 radical (unpaired) electrons. The van der Waals surface area contributed by atoms with Crippen LogP contribution in [0.25, 0.3) is 0 Å². The SMILES string of the molecule is O=C(NC(=S)Nc1c(Cl)cccc1Cl)c1ccccc1COc1ccc(Cl)cc1. The average molecular weight is 466 g/mol. The van der Waals surface area contributed by atoms with Gasteiger partial charge in [-0.15, -0.1) is 0 Å². The van der Waals surface area contributed by atoms with Gasteiger partial charge in [0.2, 0.25) is 0 Å². The highest BCUT2D eigenvalue weighted by Crippen LogP contribution is 2.29. The van der Waals surface area contributed by atoms with Crippen molar-refractivity contribution in [1.29, 1.82) is 0 Å². The van der Waals surface area contributed by atoms with Crippen LogP contribution in [-0.2, 0) is 6.61 Å². The molecule has 0 atom stereocenters. The zero-order valence-corrected chi connectivity index (χ0v) is 18.0. The fraction of sp³-hybridized carbons (Fsp3) is 0.0476. The third-order valence-corrected chi connectivity index (χ3v) is 4.98. The number of benzene rings is 3. The highest BCUT2D eigenvalue weighted by Gasteiger charge is 2.14. The Labute approximate surface area is 188 Å². The molecule has 2 N–H and O–H groups in total. The summed E-state index contributed by atoms with van der Waals surface area (Å²) in [4.78, 5) is 12.7. The predicted octanol–water partition coefficient (Wildman–Crippen LogP) is 6.35. The number of anilines is 1. The van der Waals surface area contributed by atoms with Gasteiger partial charge in [-0.05, 0) is 54.7 Å². The van der Waals surface area contributed by atoms with Gasteiger partial charge in [-0.2, -0.15) is 0 Å². The first-order chi connectivity index (χ1) is 13.9. The van der Waals surface area contributed by atoms with E-state index in [1.165, 1.54) is 0 Å². The largest absolute Gasteiger partial charge is 0.489 e. The Kier molecular flexibility index (Phi) is 7.34. The van der Waals surface area contributed by atoms with Crippen LogP contribution in [0.4, 0.5) is 5.69 Å². The molecule has 3 rings (SSSR count). The van der Waals surface area contributed by atoms with E-state index in [-0.39, 0.29) is 17.6 Å². The molecule has 0 bridgehead atoms. The Bertz CT molecular complexity index is 1020. The van der Waals surface area contributed by atoms with E-state index in [1.807, 2.05) is 12.1 Å². The Morgan fingerprint density at radius 3 is 2.24 bits per heavy atom. The molecule has 0 aliphatic heterocycles. The molecule has 0 unspecified atom stereocenters. The first-order valence-corrected chi connectivity index (χ1v) is 10.0. The number of nitrogens with one attached hydrogen (secondary N) is 2. The van der Waals surface area contributed by atoms with Crippen molar-refractivity contribution in [1.82, 2.24) is 5.32 Å². The zero-order valence-electron chi connectivity index (χ0n) is 14.9. The van der Waals surface area contributed by atoms with E-state index < -0.39 is 0 Å². The van der Waals surface area contributed by atoms with Gasteiger partial charge in [0.1, 0.15) is 12.4 Å². The lowest BCUT2D eigenvalue weighted by Crippen LogP contribution is -2.34. The van der Waals surface area contributed by atoms with E-state index in [0.717, 1.165) is 0 Å². The molecule has 0 spiro atoms. The van der Waals surface area contributed by atoms with E-state index in [1.54, 1.807) is 54.6 Å².